The summed E-state index contributed by atoms with van der Waals surface area (Å²) in [5.74, 6) is -0.301. The molecule has 0 radical (unpaired) electrons. The van der Waals surface area contributed by atoms with E-state index in [1.807, 2.05) is 30.3 Å². The van der Waals surface area contributed by atoms with Crippen LogP contribution >= 0.6 is 0 Å². The summed E-state index contributed by atoms with van der Waals surface area (Å²) in [6.45, 7) is 0.340. The molecule has 0 spiro atoms. The zero-order valence-electron chi connectivity index (χ0n) is 12.9. The van der Waals surface area contributed by atoms with Crippen LogP contribution in [0.2, 0.25) is 0 Å². The summed E-state index contributed by atoms with van der Waals surface area (Å²) in [5, 5.41) is 0. The van der Waals surface area contributed by atoms with Gasteiger partial charge in [0.1, 0.15) is 12.7 Å². The predicted molar refractivity (Wildman–Crippen MR) is 87.5 cm³/mol. The van der Waals surface area contributed by atoms with Crippen LogP contribution in [-0.2, 0) is 21.2 Å². The smallest absolute Gasteiger partial charge is 0.338 e. The number of rotatable bonds is 5. The Morgan fingerprint density at radius 2 is 2.00 bits per heavy atom. The Hall–Kier alpha value is -2.41. The number of ether oxygens (including phenoxy) is 2. The van der Waals surface area contributed by atoms with Gasteiger partial charge in [-0.05, 0) is 18.1 Å². The number of hydrogen-bond donors (Lipinski definition) is 0. The molecule has 0 saturated carbocycles. The lowest BCUT2D eigenvalue weighted by Gasteiger charge is -2.11. The molecule has 1 unspecified atom stereocenters. The van der Waals surface area contributed by atoms with E-state index in [2.05, 4.69) is 4.98 Å². The van der Waals surface area contributed by atoms with Crippen LogP contribution < -0.4 is 4.74 Å². The molecule has 1 aromatic heterocycles. The Kier molecular flexibility index (Phi) is 4.80. The second-order valence-corrected chi connectivity index (χ2v) is 7.82. The standard InChI is InChI=1S/C17H17NO5S/c19-17(23-15-7-9-24(20,21)12-15)14-6-8-18-16(10-14)22-11-13-4-2-1-3-5-13/h1-6,8,10,15H,7,9,11-12H2. The lowest BCUT2D eigenvalue weighted by molar-refractivity contribution is 0.0355. The quantitative estimate of drug-likeness (QED) is 0.770. The van der Waals surface area contributed by atoms with Crippen molar-refractivity contribution in [3.05, 3.63) is 59.8 Å². The summed E-state index contributed by atoms with van der Waals surface area (Å²) >= 11 is 0. The summed E-state index contributed by atoms with van der Waals surface area (Å²) in [6.07, 6.45) is 1.23. The van der Waals surface area contributed by atoms with Gasteiger partial charge in [-0.1, -0.05) is 30.3 Å². The van der Waals surface area contributed by atoms with E-state index in [9.17, 15) is 13.2 Å². The van der Waals surface area contributed by atoms with E-state index in [-0.39, 0.29) is 17.1 Å². The maximum Gasteiger partial charge on any atom is 0.338 e. The van der Waals surface area contributed by atoms with Crippen LogP contribution in [0.25, 0.3) is 0 Å². The van der Waals surface area contributed by atoms with Gasteiger partial charge < -0.3 is 9.47 Å². The van der Waals surface area contributed by atoms with Crippen LogP contribution in [0.15, 0.2) is 48.7 Å². The van der Waals surface area contributed by atoms with E-state index in [1.165, 1.54) is 18.3 Å². The molecule has 7 heteroatoms. The van der Waals surface area contributed by atoms with Gasteiger partial charge >= 0.3 is 5.97 Å². The maximum absolute atomic E-state index is 12.1. The molecule has 2 heterocycles. The van der Waals surface area contributed by atoms with E-state index in [0.717, 1.165) is 5.56 Å². The Balaban J connectivity index is 1.61. The molecule has 6 nitrogen and oxygen atoms in total. The zero-order chi connectivity index (χ0) is 17.0. The average molecular weight is 347 g/mol. The fourth-order valence-corrected chi connectivity index (χ4v) is 4.01. The number of benzene rings is 1. The third-order valence-corrected chi connectivity index (χ3v) is 5.40. The number of sulfone groups is 1. The Bertz CT molecular complexity index is 820. The molecule has 0 N–H and O–H groups in total. The van der Waals surface area contributed by atoms with Crippen LogP contribution in [0.5, 0.6) is 5.88 Å². The van der Waals surface area contributed by atoms with E-state index in [0.29, 0.717) is 18.9 Å². The number of esters is 1. The number of pyridine rings is 1. The highest BCUT2D eigenvalue weighted by molar-refractivity contribution is 7.91. The zero-order valence-corrected chi connectivity index (χ0v) is 13.7. The first-order valence-electron chi connectivity index (χ1n) is 7.56. The number of nitrogens with zero attached hydrogens (tertiary/aromatic N) is 1. The molecule has 2 aromatic rings. The van der Waals surface area contributed by atoms with Gasteiger partial charge in [0.15, 0.2) is 9.84 Å². The molecule has 1 atom stereocenters. The molecule has 0 amide bonds. The van der Waals surface area contributed by atoms with Crippen molar-refractivity contribution in [1.82, 2.24) is 4.98 Å². The first-order chi connectivity index (χ1) is 11.5. The van der Waals surface area contributed by atoms with Crippen LogP contribution in [0, 0.1) is 0 Å². The van der Waals surface area contributed by atoms with Crippen LogP contribution in [0.4, 0.5) is 0 Å². The third kappa shape index (κ3) is 4.32. The number of hydrogen-bond acceptors (Lipinski definition) is 6. The summed E-state index contributed by atoms with van der Waals surface area (Å²) < 4.78 is 33.6. The largest absolute Gasteiger partial charge is 0.473 e. The second kappa shape index (κ2) is 7.00. The topological polar surface area (TPSA) is 82.6 Å². The van der Waals surface area contributed by atoms with E-state index < -0.39 is 21.9 Å². The molecule has 0 bridgehead atoms. The Labute approximate surface area is 140 Å². The maximum atomic E-state index is 12.1. The molecule has 1 saturated heterocycles. The summed E-state index contributed by atoms with van der Waals surface area (Å²) in [6, 6.07) is 12.6. The van der Waals surface area contributed by atoms with Gasteiger partial charge in [0, 0.05) is 12.3 Å². The molecule has 1 aliphatic rings. The Morgan fingerprint density at radius 3 is 2.71 bits per heavy atom. The molecular weight excluding hydrogens is 330 g/mol. The molecule has 0 aliphatic carbocycles. The first-order valence-corrected chi connectivity index (χ1v) is 9.38. The van der Waals surface area contributed by atoms with Crippen LogP contribution in [-0.4, -0.2) is 37.0 Å². The van der Waals surface area contributed by atoms with Gasteiger partial charge in [-0.2, -0.15) is 0 Å². The molecule has 1 fully saturated rings. The van der Waals surface area contributed by atoms with Crippen molar-refractivity contribution in [1.29, 1.82) is 0 Å². The van der Waals surface area contributed by atoms with Crippen LogP contribution in [0.3, 0.4) is 0 Å². The molecule has 1 aliphatic heterocycles. The summed E-state index contributed by atoms with van der Waals surface area (Å²) in [4.78, 5) is 16.2. The molecule has 126 valence electrons. The van der Waals surface area contributed by atoms with Crippen molar-refractivity contribution < 1.29 is 22.7 Å². The number of carbonyl (C=O) groups is 1. The Morgan fingerprint density at radius 1 is 1.21 bits per heavy atom. The van der Waals surface area contributed by atoms with Crippen molar-refractivity contribution in [2.75, 3.05) is 11.5 Å². The SMILES string of the molecule is O=C(OC1CCS(=O)(=O)C1)c1ccnc(OCc2ccccc2)c1. The van der Waals surface area contributed by atoms with Gasteiger partial charge in [-0.3, -0.25) is 0 Å². The minimum atomic E-state index is -3.08. The lowest BCUT2D eigenvalue weighted by Crippen LogP contribution is -2.19. The van der Waals surface area contributed by atoms with Crippen molar-refractivity contribution >= 4 is 15.8 Å². The van der Waals surface area contributed by atoms with Crippen molar-refractivity contribution in [2.24, 2.45) is 0 Å². The van der Waals surface area contributed by atoms with Gasteiger partial charge in [0.05, 0.1) is 17.1 Å². The lowest BCUT2D eigenvalue weighted by atomic mass is 10.2. The average Bonchev–Trinajstić information content (AvgIpc) is 2.93. The monoisotopic (exact) mass is 347 g/mol. The highest BCUT2D eigenvalue weighted by Gasteiger charge is 2.31. The van der Waals surface area contributed by atoms with Gasteiger partial charge in [-0.25, -0.2) is 18.2 Å². The van der Waals surface area contributed by atoms with E-state index in [4.69, 9.17) is 9.47 Å². The molecule has 1 aromatic carbocycles. The van der Waals surface area contributed by atoms with Crippen LogP contribution in [0.1, 0.15) is 22.3 Å². The second-order valence-electron chi connectivity index (χ2n) is 5.59. The fraction of sp³-hybridized carbons (Fsp3) is 0.294. The summed E-state index contributed by atoms with van der Waals surface area (Å²) in [5.41, 5.74) is 1.28. The van der Waals surface area contributed by atoms with Crippen molar-refractivity contribution in [3.8, 4) is 5.88 Å². The van der Waals surface area contributed by atoms with E-state index >= 15 is 0 Å². The van der Waals surface area contributed by atoms with Crippen molar-refractivity contribution in [2.45, 2.75) is 19.1 Å². The molecule has 3 rings (SSSR count). The minimum absolute atomic E-state index is 0.0622. The van der Waals surface area contributed by atoms with Gasteiger partial charge in [0.2, 0.25) is 5.88 Å². The van der Waals surface area contributed by atoms with Crippen molar-refractivity contribution in [3.63, 3.8) is 0 Å². The van der Waals surface area contributed by atoms with Gasteiger partial charge in [0.25, 0.3) is 0 Å². The minimum Gasteiger partial charge on any atom is -0.473 e. The highest BCUT2D eigenvalue weighted by Crippen LogP contribution is 2.18. The first kappa shape index (κ1) is 16.4. The predicted octanol–water partition coefficient (Wildman–Crippen LogP) is 2.00. The highest BCUT2D eigenvalue weighted by atomic mass is 32.2. The molecule has 24 heavy (non-hydrogen) atoms. The number of aromatic nitrogens is 1. The van der Waals surface area contributed by atoms with E-state index in [1.54, 1.807) is 0 Å². The normalized spacial score (nSPS) is 18.9. The fourth-order valence-electron chi connectivity index (χ4n) is 2.42. The summed E-state index contributed by atoms with van der Waals surface area (Å²) in [7, 11) is -3.08. The molecular formula is C17H17NO5S. The number of carbonyl (C=O) groups excluding carboxylic acids is 1. The van der Waals surface area contributed by atoms with Gasteiger partial charge in [-0.15, -0.1) is 0 Å². The third-order valence-electron chi connectivity index (χ3n) is 3.66.